The Morgan fingerprint density at radius 3 is 2.96 bits per heavy atom. The second-order valence-corrected chi connectivity index (χ2v) is 6.61. The van der Waals surface area contributed by atoms with Crippen molar-refractivity contribution in [1.82, 2.24) is 30.3 Å². The third-order valence-electron chi connectivity index (χ3n) is 5.05. The third kappa shape index (κ3) is 4.22. The highest BCUT2D eigenvalue weighted by molar-refractivity contribution is 5.74. The number of carbonyl (C=O) groups is 1. The Morgan fingerprint density at radius 2 is 2.17 bits per heavy atom. The van der Waals surface area contributed by atoms with E-state index in [0.29, 0.717) is 13.1 Å². The molecule has 1 saturated carbocycles. The van der Waals surface area contributed by atoms with Crippen molar-refractivity contribution in [2.45, 2.75) is 64.1 Å². The zero-order valence-electron chi connectivity index (χ0n) is 14.0. The minimum atomic E-state index is -0.0607. The molecular weight excluding hydrogens is 292 g/mol. The summed E-state index contributed by atoms with van der Waals surface area (Å²) in [7, 11) is 0. The highest BCUT2D eigenvalue weighted by atomic mass is 16.2. The van der Waals surface area contributed by atoms with Crippen molar-refractivity contribution < 1.29 is 4.79 Å². The summed E-state index contributed by atoms with van der Waals surface area (Å²) in [5, 5.41) is 14.0. The van der Waals surface area contributed by atoms with Crippen molar-refractivity contribution in [1.29, 1.82) is 0 Å². The summed E-state index contributed by atoms with van der Waals surface area (Å²) in [6.45, 7) is 5.48. The largest absolute Gasteiger partial charge is 0.336 e. The topological polar surface area (TPSA) is 75.1 Å². The number of hydrogen-bond donors (Lipinski definition) is 2. The zero-order chi connectivity index (χ0) is 16.1. The number of amides is 2. The molecule has 0 radical (unpaired) electrons. The summed E-state index contributed by atoms with van der Waals surface area (Å²) in [4.78, 5) is 14.6. The number of rotatable bonds is 6. The number of aromatic nitrogens is 3. The van der Waals surface area contributed by atoms with Gasteiger partial charge < -0.3 is 15.2 Å². The molecule has 2 amide bonds. The van der Waals surface area contributed by atoms with E-state index in [1.807, 2.05) is 4.57 Å². The van der Waals surface area contributed by atoms with E-state index in [1.54, 1.807) is 6.33 Å². The molecule has 3 rings (SSSR count). The van der Waals surface area contributed by atoms with Gasteiger partial charge in [0.05, 0.1) is 0 Å². The van der Waals surface area contributed by atoms with Crippen LogP contribution in [-0.4, -0.2) is 57.4 Å². The van der Waals surface area contributed by atoms with E-state index >= 15 is 0 Å². The number of urea groups is 1. The van der Waals surface area contributed by atoms with Crippen LogP contribution in [-0.2, 0) is 13.0 Å². The summed E-state index contributed by atoms with van der Waals surface area (Å²) >= 11 is 0. The maximum Gasteiger partial charge on any atom is 0.315 e. The first kappa shape index (κ1) is 16.2. The number of hydrogen-bond acceptors (Lipinski definition) is 4. The van der Waals surface area contributed by atoms with Gasteiger partial charge in [0.25, 0.3) is 0 Å². The van der Waals surface area contributed by atoms with Gasteiger partial charge in [-0.2, -0.15) is 0 Å². The second-order valence-electron chi connectivity index (χ2n) is 6.61. The molecule has 2 aliphatic rings. The molecule has 1 aliphatic carbocycles. The first-order valence-electron chi connectivity index (χ1n) is 8.91. The number of nitrogens with one attached hydrogen (secondary N) is 2. The third-order valence-corrected chi connectivity index (χ3v) is 5.05. The van der Waals surface area contributed by atoms with Crippen molar-refractivity contribution >= 4 is 6.03 Å². The van der Waals surface area contributed by atoms with Crippen LogP contribution in [0.2, 0.25) is 0 Å². The fourth-order valence-electron chi connectivity index (χ4n) is 3.77. The summed E-state index contributed by atoms with van der Waals surface area (Å²) in [6.07, 6.45) is 9.02. The van der Waals surface area contributed by atoms with E-state index in [9.17, 15) is 4.79 Å². The van der Waals surface area contributed by atoms with Gasteiger partial charge in [0.2, 0.25) is 0 Å². The van der Waals surface area contributed by atoms with Crippen LogP contribution < -0.4 is 10.6 Å². The lowest BCUT2D eigenvalue weighted by Crippen LogP contribution is -2.44. The molecule has 7 heteroatoms. The first-order chi connectivity index (χ1) is 11.3. The first-order valence-corrected chi connectivity index (χ1v) is 8.91. The molecule has 0 unspecified atom stereocenters. The fraction of sp³-hybridized carbons (Fsp3) is 0.812. The highest BCUT2D eigenvalue weighted by Gasteiger charge is 2.30. The van der Waals surface area contributed by atoms with Crippen LogP contribution >= 0.6 is 0 Å². The average molecular weight is 320 g/mol. The Hall–Kier alpha value is -1.63. The van der Waals surface area contributed by atoms with Crippen molar-refractivity contribution in [3.05, 3.63) is 12.2 Å². The number of likely N-dealkylation sites (tertiary alicyclic amines) is 1. The second kappa shape index (κ2) is 7.77. The van der Waals surface area contributed by atoms with Crippen LogP contribution in [0.1, 0.15) is 44.9 Å². The Bertz CT molecular complexity index is 510. The van der Waals surface area contributed by atoms with E-state index in [2.05, 4.69) is 32.7 Å². The summed E-state index contributed by atoms with van der Waals surface area (Å²) in [5.41, 5.74) is 0. The lowest BCUT2D eigenvalue weighted by atomic mass is 10.2. The SMILES string of the molecule is CCc1nncn1CCNC(=O)N[C@@H]1CCN(C2CCCC2)C1. The fourth-order valence-corrected chi connectivity index (χ4v) is 3.77. The number of nitrogens with zero attached hydrogens (tertiary/aromatic N) is 4. The van der Waals surface area contributed by atoms with Gasteiger partial charge in [-0.25, -0.2) is 4.79 Å². The molecule has 1 atom stereocenters. The smallest absolute Gasteiger partial charge is 0.315 e. The normalized spacial score (nSPS) is 22.6. The number of aryl methyl sites for hydroxylation is 1. The molecule has 0 aromatic carbocycles. The Labute approximate surface area is 137 Å². The van der Waals surface area contributed by atoms with Crippen LogP contribution in [0.15, 0.2) is 6.33 Å². The molecule has 1 saturated heterocycles. The molecule has 0 spiro atoms. The van der Waals surface area contributed by atoms with E-state index in [1.165, 1.54) is 25.7 Å². The van der Waals surface area contributed by atoms with E-state index in [0.717, 1.165) is 37.8 Å². The van der Waals surface area contributed by atoms with Crippen LogP contribution in [0.4, 0.5) is 4.79 Å². The molecule has 1 aliphatic heterocycles. The lowest BCUT2D eigenvalue weighted by Gasteiger charge is -2.23. The molecule has 2 heterocycles. The molecule has 128 valence electrons. The van der Waals surface area contributed by atoms with Gasteiger partial charge in [0.15, 0.2) is 0 Å². The molecule has 2 fully saturated rings. The molecule has 23 heavy (non-hydrogen) atoms. The predicted molar refractivity (Wildman–Crippen MR) is 88.2 cm³/mol. The lowest BCUT2D eigenvalue weighted by molar-refractivity contribution is 0.227. The van der Waals surface area contributed by atoms with Crippen molar-refractivity contribution in [3.8, 4) is 0 Å². The van der Waals surface area contributed by atoms with Crippen LogP contribution in [0, 0.1) is 0 Å². The number of carbonyl (C=O) groups excluding carboxylic acids is 1. The standard InChI is InChI=1S/C16H28N6O/c1-2-15-20-18-12-22(15)10-8-17-16(23)19-13-7-9-21(11-13)14-5-3-4-6-14/h12-14H,2-11H2,1H3,(H2,17,19,23)/t13-/m1/s1. The van der Waals surface area contributed by atoms with Gasteiger partial charge in [0.1, 0.15) is 12.2 Å². The van der Waals surface area contributed by atoms with Crippen molar-refractivity contribution in [2.75, 3.05) is 19.6 Å². The van der Waals surface area contributed by atoms with Crippen LogP contribution in [0.5, 0.6) is 0 Å². The maximum absolute atomic E-state index is 12.0. The zero-order valence-corrected chi connectivity index (χ0v) is 14.0. The van der Waals surface area contributed by atoms with Crippen LogP contribution in [0.25, 0.3) is 0 Å². The van der Waals surface area contributed by atoms with Gasteiger partial charge in [-0.1, -0.05) is 19.8 Å². The molecule has 1 aromatic heterocycles. The van der Waals surface area contributed by atoms with Crippen LogP contribution in [0.3, 0.4) is 0 Å². The maximum atomic E-state index is 12.0. The summed E-state index contributed by atoms with van der Waals surface area (Å²) in [5.74, 6) is 0.954. The predicted octanol–water partition coefficient (Wildman–Crippen LogP) is 1.16. The minimum absolute atomic E-state index is 0.0607. The van der Waals surface area contributed by atoms with Gasteiger partial charge >= 0.3 is 6.03 Å². The monoisotopic (exact) mass is 320 g/mol. The Morgan fingerprint density at radius 1 is 1.35 bits per heavy atom. The quantitative estimate of drug-likeness (QED) is 0.825. The molecular formula is C16H28N6O. The Balaban J connectivity index is 1.35. The molecule has 7 nitrogen and oxygen atoms in total. The highest BCUT2D eigenvalue weighted by Crippen LogP contribution is 2.26. The molecule has 2 N–H and O–H groups in total. The van der Waals surface area contributed by atoms with E-state index in [-0.39, 0.29) is 12.1 Å². The van der Waals surface area contributed by atoms with Gasteiger partial charge in [0, 0.05) is 44.7 Å². The van der Waals surface area contributed by atoms with Gasteiger partial charge in [-0.05, 0) is 19.3 Å². The van der Waals surface area contributed by atoms with Gasteiger partial charge in [-0.3, -0.25) is 4.90 Å². The van der Waals surface area contributed by atoms with Crippen molar-refractivity contribution in [2.24, 2.45) is 0 Å². The molecule has 1 aromatic rings. The van der Waals surface area contributed by atoms with E-state index in [4.69, 9.17) is 0 Å². The molecule has 0 bridgehead atoms. The van der Waals surface area contributed by atoms with Crippen molar-refractivity contribution in [3.63, 3.8) is 0 Å². The summed E-state index contributed by atoms with van der Waals surface area (Å²) < 4.78 is 1.98. The Kier molecular flexibility index (Phi) is 5.48. The van der Waals surface area contributed by atoms with E-state index < -0.39 is 0 Å². The average Bonchev–Trinajstić information content (AvgIpc) is 3.28. The van der Waals surface area contributed by atoms with Gasteiger partial charge in [-0.15, -0.1) is 10.2 Å². The summed E-state index contributed by atoms with van der Waals surface area (Å²) in [6, 6.07) is 0.983. The minimum Gasteiger partial charge on any atom is -0.336 e.